The molecule has 0 rings (SSSR count). The number of esters is 1. The number of rotatable bonds is 5. The normalized spacial score (nSPS) is 11.8. The topological polar surface area (TPSA) is 83.8 Å². The van der Waals surface area contributed by atoms with Crippen LogP contribution in [0.2, 0.25) is 0 Å². The van der Waals surface area contributed by atoms with Crippen LogP contribution in [-0.4, -0.2) is 34.9 Å². The highest BCUT2D eigenvalue weighted by molar-refractivity contribution is 5.81. The zero-order valence-corrected chi connectivity index (χ0v) is 6.40. The Morgan fingerprint density at radius 3 is 2.58 bits per heavy atom. The second-order valence-electron chi connectivity index (χ2n) is 2.09. The molecule has 0 amide bonds. The first kappa shape index (κ1) is 10.6. The molecule has 0 aromatic carbocycles. The molecule has 0 radical (unpaired) electrons. The minimum atomic E-state index is -1.16. The quantitative estimate of drug-likeness (QED) is 0.435. The summed E-state index contributed by atoms with van der Waals surface area (Å²) >= 11 is 0. The van der Waals surface area contributed by atoms with Gasteiger partial charge < -0.3 is 14.9 Å². The fraction of sp³-hybridized carbons (Fsp3) is 0.429. The molecule has 0 fully saturated rings. The van der Waals surface area contributed by atoms with Gasteiger partial charge in [0, 0.05) is 6.08 Å². The Morgan fingerprint density at radius 1 is 1.58 bits per heavy atom. The van der Waals surface area contributed by atoms with E-state index in [2.05, 4.69) is 11.3 Å². The summed E-state index contributed by atoms with van der Waals surface area (Å²) in [6.45, 7) is 2.80. The van der Waals surface area contributed by atoms with Crippen LogP contribution in [0.25, 0.3) is 0 Å². The van der Waals surface area contributed by atoms with Gasteiger partial charge in [-0.05, 0) is 0 Å². The first-order valence-electron chi connectivity index (χ1n) is 3.25. The van der Waals surface area contributed by atoms with Gasteiger partial charge in [-0.25, -0.2) is 4.79 Å². The number of hydrogen-bond acceptors (Lipinski definition) is 4. The van der Waals surface area contributed by atoms with Crippen molar-refractivity contribution < 1.29 is 24.5 Å². The molecule has 0 aliphatic heterocycles. The van der Waals surface area contributed by atoms with Crippen molar-refractivity contribution in [3.63, 3.8) is 0 Å². The number of aliphatic hydroxyl groups is 1. The predicted molar refractivity (Wildman–Crippen MR) is 39.4 cm³/mol. The Kier molecular flexibility index (Phi) is 4.71. The smallest absolute Gasteiger partial charge is 0.330 e. The first-order chi connectivity index (χ1) is 5.56. The summed E-state index contributed by atoms with van der Waals surface area (Å²) in [5.74, 6) is -1.82. The minimum absolute atomic E-state index is 0.322. The number of carboxylic acid groups (broad SMARTS) is 1. The summed E-state index contributed by atoms with van der Waals surface area (Å²) in [6.07, 6.45) is -0.663. The molecule has 0 saturated carbocycles. The fourth-order valence-electron chi connectivity index (χ4n) is 0.498. The van der Waals surface area contributed by atoms with Crippen molar-refractivity contribution in [1.82, 2.24) is 0 Å². The third-order valence-electron chi connectivity index (χ3n) is 0.995. The van der Waals surface area contributed by atoms with Gasteiger partial charge in [0.05, 0.1) is 12.5 Å². The van der Waals surface area contributed by atoms with Crippen LogP contribution in [-0.2, 0) is 14.3 Å². The molecule has 0 aromatic rings. The van der Waals surface area contributed by atoms with Gasteiger partial charge in [-0.3, -0.25) is 4.79 Å². The lowest BCUT2D eigenvalue weighted by atomic mass is 10.3. The molecule has 0 aromatic heterocycles. The average Bonchev–Trinajstić information content (AvgIpc) is 1.99. The van der Waals surface area contributed by atoms with Crippen LogP contribution in [0, 0.1) is 0 Å². The Balaban J connectivity index is 3.56. The van der Waals surface area contributed by atoms with Crippen molar-refractivity contribution in [1.29, 1.82) is 0 Å². The molecular weight excluding hydrogens is 164 g/mol. The zero-order chi connectivity index (χ0) is 9.56. The molecule has 0 aliphatic rings. The Bertz CT molecular complexity index is 186. The van der Waals surface area contributed by atoms with Gasteiger partial charge >= 0.3 is 11.9 Å². The summed E-state index contributed by atoms with van der Waals surface area (Å²) in [7, 11) is 0. The van der Waals surface area contributed by atoms with Crippen LogP contribution in [0.15, 0.2) is 12.7 Å². The molecule has 0 heterocycles. The number of ether oxygens (including phenoxy) is 1. The van der Waals surface area contributed by atoms with E-state index in [0.717, 1.165) is 6.08 Å². The summed E-state index contributed by atoms with van der Waals surface area (Å²) in [4.78, 5) is 20.4. The molecule has 0 saturated heterocycles. The van der Waals surface area contributed by atoms with Crippen molar-refractivity contribution in [2.75, 3.05) is 6.61 Å². The second kappa shape index (κ2) is 5.31. The maximum Gasteiger partial charge on any atom is 0.330 e. The van der Waals surface area contributed by atoms with Crippen molar-refractivity contribution in [3.05, 3.63) is 12.7 Å². The van der Waals surface area contributed by atoms with E-state index in [0.29, 0.717) is 0 Å². The van der Waals surface area contributed by atoms with Crippen molar-refractivity contribution in [3.8, 4) is 0 Å². The molecule has 0 bridgehead atoms. The van der Waals surface area contributed by atoms with Gasteiger partial charge in [0.25, 0.3) is 0 Å². The molecule has 12 heavy (non-hydrogen) atoms. The van der Waals surface area contributed by atoms with Crippen LogP contribution >= 0.6 is 0 Å². The predicted octanol–water partition coefficient (Wildman–Crippen LogP) is -0.449. The number of hydrogen-bond donors (Lipinski definition) is 2. The standard InChI is InChI=1S/C7H10O5/c1-2-7(11)12-4-5(8)3-6(9)10/h2,5,8H,1,3-4H2,(H,9,10). The van der Waals surface area contributed by atoms with Crippen molar-refractivity contribution in [2.45, 2.75) is 12.5 Å². The highest BCUT2D eigenvalue weighted by atomic mass is 16.5. The average molecular weight is 174 g/mol. The largest absolute Gasteiger partial charge is 0.481 e. The number of aliphatic carboxylic acids is 1. The van der Waals surface area contributed by atoms with Gasteiger partial charge in [0.15, 0.2) is 0 Å². The Labute approximate surface area is 69.3 Å². The number of carbonyl (C=O) groups excluding carboxylic acids is 1. The molecule has 1 atom stereocenters. The molecule has 0 spiro atoms. The zero-order valence-electron chi connectivity index (χ0n) is 6.40. The number of aliphatic hydroxyl groups excluding tert-OH is 1. The third-order valence-corrected chi connectivity index (χ3v) is 0.995. The van der Waals surface area contributed by atoms with Gasteiger partial charge in [0.1, 0.15) is 6.61 Å². The summed E-state index contributed by atoms with van der Waals surface area (Å²) < 4.78 is 4.38. The highest BCUT2D eigenvalue weighted by Gasteiger charge is 2.10. The van der Waals surface area contributed by atoms with E-state index in [-0.39, 0.29) is 6.61 Å². The van der Waals surface area contributed by atoms with Crippen molar-refractivity contribution >= 4 is 11.9 Å². The summed E-state index contributed by atoms with van der Waals surface area (Å²) in [5, 5.41) is 17.1. The summed E-state index contributed by atoms with van der Waals surface area (Å²) in [5.41, 5.74) is 0. The molecule has 68 valence electrons. The van der Waals surface area contributed by atoms with E-state index < -0.39 is 24.5 Å². The second-order valence-corrected chi connectivity index (χ2v) is 2.09. The third kappa shape index (κ3) is 5.43. The SMILES string of the molecule is C=CC(=O)OCC(O)CC(=O)O. The molecule has 0 aliphatic carbocycles. The maximum absolute atomic E-state index is 10.4. The van der Waals surface area contributed by atoms with Crippen LogP contribution in [0.3, 0.4) is 0 Å². The first-order valence-corrected chi connectivity index (χ1v) is 3.25. The monoisotopic (exact) mass is 174 g/mol. The van der Waals surface area contributed by atoms with Gasteiger partial charge in [-0.2, -0.15) is 0 Å². The lowest BCUT2D eigenvalue weighted by Gasteiger charge is -2.06. The Hall–Kier alpha value is -1.36. The van der Waals surface area contributed by atoms with Gasteiger partial charge in [-0.1, -0.05) is 6.58 Å². The van der Waals surface area contributed by atoms with Crippen LogP contribution in [0.1, 0.15) is 6.42 Å². The maximum atomic E-state index is 10.4. The lowest BCUT2D eigenvalue weighted by molar-refractivity contribution is -0.146. The van der Waals surface area contributed by atoms with E-state index in [9.17, 15) is 9.59 Å². The minimum Gasteiger partial charge on any atom is -0.481 e. The lowest BCUT2D eigenvalue weighted by Crippen LogP contribution is -2.20. The van der Waals surface area contributed by atoms with Crippen LogP contribution in [0.4, 0.5) is 0 Å². The van der Waals surface area contributed by atoms with Crippen molar-refractivity contribution in [2.24, 2.45) is 0 Å². The fourth-order valence-corrected chi connectivity index (χ4v) is 0.498. The molecule has 5 nitrogen and oxygen atoms in total. The van der Waals surface area contributed by atoms with E-state index in [1.165, 1.54) is 0 Å². The highest BCUT2D eigenvalue weighted by Crippen LogP contribution is 1.93. The van der Waals surface area contributed by atoms with E-state index >= 15 is 0 Å². The van der Waals surface area contributed by atoms with E-state index in [1.54, 1.807) is 0 Å². The molecular formula is C7H10O5. The van der Waals surface area contributed by atoms with Gasteiger partial charge in [0.2, 0.25) is 0 Å². The molecule has 5 heteroatoms. The molecule has 2 N–H and O–H groups in total. The van der Waals surface area contributed by atoms with E-state index in [1.807, 2.05) is 0 Å². The molecule has 1 unspecified atom stereocenters. The van der Waals surface area contributed by atoms with Crippen LogP contribution in [0.5, 0.6) is 0 Å². The van der Waals surface area contributed by atoms with E-state index in [4.69, 9.17) is 10.2 Å². The Morgan fingerprint density at radius 2 is 2.17 bits per heavy atom. The number of carbonyl (C=O) groups is 2. The number of carboxylic acids is 1. The summed E-state index contributed by atoms with van der Waals surface area (Å²) in [6, 6.07) is 0. The van der Waals surface area contributed by atoms with Crippen LogP contribution < -0.4 is 0 Å². The van der Waals surface area contributed by atoms with Gasteiger partial charge in [-0.15, -0.1) is 0 Å².